The van der Waals surface area contributed by atoms with Gasteiger partial charge in [-0.1, -0.05) is 110 Å². The molecule has 10 bridgehead atoms. The van der Waals surface area contributed by atoms with Gasteiger partial charge in [0.1, 0.15) is 17.6 Å². The van der Waals surface area contributed by atoms with Gasteiger partial charge in [0, 0.05) is 54.0 Å². The normalized spacial score (nSPS) is 34.1. The van der Waals surface area contributed by atoms with Crippen molar-refractivity contribution < 1.29 is 37.8 Å². The van der Waals surface area contributed by atoms with E-state index in [2.05, 4.69) is 109 Å². The van der Waals surface area contributed by atoms with E-state index < -0.39 is 50.6 Å². The van der Waals surface area contributed by atoms with Gasteiger partial charge in [-0.05, 0) is 200 Å². The van der Waals surface area contributed by atoms with Gasteiger partial charge in [-0.3, -0.25) is 4.55 Å². The summed E-state index contributed by atoms with van der Waals surface area (Å²) in [5.41, 5.74) is 22.0. The summed E-state index contributed by atoms with van der Waals surface area (Å²) in [4.78, 5) is 5.35. The first-order chi connectivity index (χ1) is 39.1. The molecule has 9 N–H and O–H groups in total. The molecule has 5 aromatic rings. The van der Waals surface area contributed by atoms with Crippen molar-refractivity contribution in [3.8, 4) is 23.3 Å². The van der Waals surface area contributed by atoms with Gasteiger partial charge in [0.15, 0.2) is 5.96 Å². The van der Waals surface area contributed by atoms with Crippen LogP contribution in [0, 0.1) is 53.3 Å². The van der Waals surface area contributed by atoms with Crippen LogP contribution in [0.25, 0.3) is 0 Å². The first kappa shape index (κ1) is 54.3. The Morgan fingerprint density at radius 2 is 1.65 bits per heavy atom. The van der Waals surface area contributed by atoms with Crippen LogP contribution in [0.3, 0.4) is 0 Å². The Bertz CT molecular complexity index is 3430. The smallest absolute Gasteiger partial charge is 0.268 e. The third-order valence-electron chi connectivity index (χ3n) is 21.0. The predicted octanol–water partition coefficient (Wildman–Crippen LogP) is 10.4. The maximum atomic E-state index is 14.5. The summed E-state index contributed by atoms with van der Waals surface area (Å²) in [5.74, 6) is 5.03. The molecule has 15 rings (SSSR count). The third-order valence-corrected chi connectivity index (χ3v) is 22.3. The van der Waals surface area contributed by atoms with E-state index in [1.165, 1.54) is 16.7 Å². The Morgan fingerprint density at radius 3 is 2.46 bits per heavy atom. The molecular formula is C68H78N4O8S. The van der Waals surface area contributed by atoms with Crippen LogP contribution in [0.1, 0.15) is 157 Å². The number of nitrogens with zero attached hydrogens (tertiary/aromatic N) is 1. The average Bonchev–Trinajstić information content (AvgIpc) is 3.40. The Balaban J connectivity index is 0.990. The first-order valence-electron chi connectivity index (χ1n) is 30.0. The fourth-order valence-electron chi connectivity index (χ4n) is 17.1. The molecule has 2 saturated carbocycles. The minimum atomic E-state index is -4.70. The fourth-order valence-corrected chi connectivity index (χ4v) is 18.2. The van der Waals surface area contributed by atoms with Crippen molar-refractivity contribution in [2.45, 2.75) is 150 Å². The highest BCUT2D eigenvalue weighted by molar-refractivity contribution is 7.86. The molecule has 0 unspecified atom stereocenters. The highest BCUT2D eigenvalue weighted by Gasteiger charge is 2.60. The van der Waals surface area contributed by atoms with E-state index in [9.17, 15) is 28.3 Å². The molecular weight excluding hydrogens is 1030 g/mol. The lowest BCUT2D eigenvalue weighted by atomic mass is 9.52. The Labute approximate surface area is 477 Å². The number of ether oxygens (including phenoxy) is 2. The number of phenols is 1. The number of fused-ring (bicyclic) bond motifs is 11. The molecule has 424 valence electrons. The molecule has 1 saturated heterocycles. The number of rotatable bonds is 7. The summed E-state index contributed by atoms with van der Waals surface area (Å²) in [6, 6.07) is 37.1. The van der Waals surface area contributed by atoms with Gasteiger partial charge in [-0.25, -0.2) is 4.99 Å². The minimum Gasteiger partial charge on any atom is -0.508 e. The average molecular weight is 1110 g/mol. The minimum absolute atomic E-state index is 0.0460. The number of phenolic OH excluding ortho intramolecular Hbond substituents is 1. The highest BCUT2D eigenvalue weighted by Crippen LogP contribution is 2.60. The van der Waals surface area contributed by atoms with Crippen LogP contribution in [-0.4, -0.2) is 64.4 Å². The van der Waals surface area contributed by atoms with Crippen molar-refractivity contribution in [1.82, 2.24) is 5.32 Å². The van der Waals surface area contributed by atoms with Crippen molar-refractivity contribution in [1.29, 1.82) is 0 Å². The lowest BCUT2D eigenvalue weighted by molar-refractivity contribution is -0.177. The maximum Gasteiger partial charge on any atom is 0.268 e. The van der Waals surface area contributed by atoms with Gasteiger partial charge in [0.25, 0.3) is 10.1 Å². The van der Waals surface area contributed by atoms with E-state index in [1.807, 2.05) is 18.2 Å². The van der Waals surface area contributed by atoms with Crippen LogP contribution in [0.4, 0.5) is 0 Å². The largest absolute Gasteiger partial charge is 0.508 e. The number of hydrogen-bond acceptors (Lipinski definition) is 9. The molecule has 10 aliphatic rings. The van der Waals surface area contributed by atoms with Crippen molar-refractivity contribution in [3.05, 3.63) is 176 Å². The molecule has 3 fully saturated rings. The van der Waals surface area contributed by atoms with Crippen LogP contribution in [0.15, 0.2) is 126 Å². The van der Waals surface area contributed by atoms with E-state index in [0.717, 1.165) is 90.6 Å². The summed E-state index contributed by atoms with van der Waals surface area (Å²) in [7, 11) is -4.70. The van der Waals surface area contributed by atoms with Crippen molar-refractivity contribution >= 4 is 16.1 Å². The number of guanidine groups is 1. The lowest BCUT2D eigenvalue weighted by Gasteiger charge is -2.57. The fraction of sp³-hybridized carbons (Fsp3) is 0.485. The van der Waals surface area contributed by atoms with Crippen LogP contribution >= 0.6 is 0 Å². The number of aliphatic hydroxyl groups is 2. The van der Waals surface area contributed by atoms with E-state index >= 15 is 0 Å². The molecule has 6 heterocycles. The number of nitrogens with one attached hydrogen (secondary N) is 1. The van der Waals surface area contributed by atoms with Gasteiger partial charge < -0.3 is 41.6 Å². The topological polar surface area (TPSA) is 210 Å². The quantitative estimate of drug-likeness (QED) is 0.0268. The molecule has 12 nitrogen and oxygen atoms in total. The van der Waals surface area contributed by atoms with Gasteiger partial charge in [0.05, 0.1) is 17.0 Å². The Kier molecular flexibility index (Phi) is 14.5. The number of allylic oxidation sites excluding steroid dienone is 1. The van der Waals surface area contributed by atoms with Crippen molar-refractivity contribution in [2.75, 3.05) is 13.2 Å². The number of aromatic hydroxyl groups is 1. The first-order valence-corrected chi connectivity index (χ1v) is 31.5. The molecule has 0 spiro atoms. The molecule has 0 aromatic heterocycles. The maximum absolute atomic E-state index is 14.5. The second kappa shape index (κ2) is 21.6. The zero-order valence-electron chi connectivity index (χ0n) is 46.4. The van der Waals surface area contributed by atoms with Crippen molar-refractivity contribution in [2.24, 2.45) is 57.9 Å². The summed E-state index contributed by atoms with van der Waals surface area (Å²) >= 11 is 0. The molecule has 13 heteroatoms. The van der Waals surface area contributed by atoms with Gasteiger partial charge in [-0.15, -0.1) is 0 Å². The zero-order chi connectivity index (χ0) is 55.8. The monoisotopic (exact) mass is 1110 g/mol. The van der Waals surface area contributed by atoms with Gasteiger partial charge in [0.2, 0.25) is 5.72 Å². The SMILES string of the molecule is C[C@@H]1CCc2cc3ccc2[C@H]1C[C@@H](S(=O)(=O)O)[C@H]1C=C2C[C@H](C[C@H]4C[C@@H](CO)CC#Cc5cc(O)ccc5[C@@H]2O4)[C@@H]1c1ccc(cc1)[C@](N=C(N)N)([C@H]1CC[C@H]2CC[C@@H](c4ccc5c(c4)CNCC5)C[C@@]2(O)[C@@H]1Cc1ccccc1)O3. The predicted molar refractivity (Wildman–Crippen MR) is 314 cm³/mol. The summed E-state index contributed by atoms with van der Waals surface area (Å²) < 4.78 is 55.8. The third kappa shape index (κ3) is 10.2. The second-order valence-electron chi connectivity index (χ2n) is 25.6. The number of aryl methyl sites for hydroxylation is 1. The number of benzene rings is 5. The zero-order valence-corrected chi connectivity index (χ0v) is 47.2. The Hall–Kier alpha value is -5.98. The van der Waals surface area contributed by atoms with E-state index in [0.29, 0.717) is 56.3 Å². The van der Waals surface area contributed by atoms with Crippen molar-refractivity contribution in [3.63, 3.8) is 0 Å². The second-order valence-corrected chi connectivity index (χ2v) is 27.2. The van der Waals surface area contributed by atoms with Crippen LogP contribution in [-0.2, 0) is 46.4 Å². The van der Waals surface area contributed by atoms with E-state index in [4.69, 9.17) is 25.9 Å². The number of aliphatic hydroxyl groups excluding tert-OH is 1. The molecule has 81 heavy (non-hydrogen) atoms. The Morgan fingerprint density at radius 1 is 0.852 bits per heavy atom. The standard InChI is InChI=1S/C68H78N4O8S/c1-40-10-11-47-33-55-22-24-57(47)59(40)36-63(81(76,77)78)60-35-50-31-49(34-56-28-42(39-73)8-5-9-46-32-54(74)21-23-58(46)65(50)79-56)64(60)44-14-18-53(19-15-44)68(80-55,72-66(69)70)61-25-20-52-17-16-48(45-13-12-43-26-27-71-38-51(43)30-45)37-67(52,75)62(61)29-41-6-3-2-4-7-41/h2-4,6-7,12-15,18-19,21-24,30,32-33,35,40,42,48-49,52,56,59-65,71,73-75H,8,10-11,16-17,20,25-29,31,34,36-39H2,1H3,(H4,69,70,72)(H,76,77,78)/t40-,42+,48-,49-,52-,56-,59+,60-,61+,62-,63-,64+,65-,67+,68-/m1/s1. The molecule has 6 aliphatic heterocycles. The van der Waals surface area contributed by atoms with Crippen LogP contribution in [0.5, 0.6) is 11.5 Å². The molecule has 15 atom stereocenters. The van der Waals surface area contributed by atoms with Crippen LogP contribution < -0.4 is 21.5 Å². The molecule has 0 radical (unpaired) electrons. The molecule has 0 amide bonds. The molecule has 5 aromatic carbocycles. The van der Waals surface area contributed by atoms with E-state index in [1.54, 1.807) is 12.1 Å². The molecule has 4 aliphatic carbocycles. The summed E-state index contributed by atoms with van der Waals surface area (Å²) in [6.07, 6.45) is 10.6. The van der Waals surface area contributed by atoms with Gasteiger partial charge >= 0.3 is 0 Å². The summed E-state index contributed by atoms with van der Waals surface area (Å²) in [5, 5.41) is 37.9. The number of aliphatic imine (C=N–C) groups is 1. The highest BCUT2D eigenvalue weighted by atomic mass is 32.2. The van der Waals surface area contributed by atoms with E-state index in [-0.39, 0.29) is 72.3 Å². The van der Waals surface area contributed by atoms with Gasteiger partial charge in [-0.2, -0.15) is 8.42 Å². The van der Waals surface area contributed by atoms with Crippen LogP contribution in [0.2, 0.25) is 0 Å². The number of hydrogen-bond donors (Lipinski definition) is 7. The number of nitrogens with two attached hydrogens (primary N) is 2. The summed E-state index contributed by atoms with van der Waals surface area (Å²) in [6.45, 7) is 3.95. The lowest BCUT2D eigenvalue weighted by Crippen LogP contribution is -2.60.